The Bertz CT molecular complexity index is 660. The minimum absolute atomic E-state index is 0.0524. The Balaban J connectivity index is 1.51. The van der Waals surface area contributed by atoms with Crippen LogP contribution in [0.5, 0.6) is 0 Å². The molecule has 124 valence electrons. The average molecular weight is 354 g/mol. The summed E-state index contributed by atoms with van der Waals surface area (Å²) in [5.74, 6) is 0.803. The van der Waals surface area contributed by atoms with Crippen molar-refractivity contribution >= 4 is 39.9 Å². The van der Waals surface area contributed by atoms with E-state index in [9.17, 15) is 9.59 Å². The molecule has 1 aromatic heterocycles. The molecule has 7 heteroatoms. The molecule has 0 saturated heterocycles. The number of nitrogens with zero attached hydrogens (tertiary/aromatic N) is 1. The number of nitrogens with one attached hydrogen (secondary N) is 1. The molecule has 5 nitrogen and oxygen atoms in total. The van der Waals surface area contributed by atoms with E-state index in [2.05, 4.69) is 10.3 Å². The molecule has 2 unspecified atom stereocenters. The molecule has 23 heavy (non-hydrogen) atoms. The summed E-state index contributed by atoms with van der Waals surface area (Å²) in [5, 5.41) is 5.28. The Morgan fingerprint density at radius 1 is 1.35 bits per heavy atom. The van der Waals surface area contributed by atoms with Crippen LogP contribution in [0, 0.1) is 17.3 Å². The molecule has 0 spiro atoms. The number of thiazole rings is 1. The van der Waals surface area contributed by atoms with E-state index in [1.165, 1.54) is 17.8 Å². The van der Waals surface area contributed by atoms with E-state index >= 15 is 0 Å². The van der Waals surface area contributed by atoms with Crippen LogP contribution in [0.4, 0.5) is 5.13 Å². The highest BCUT2D eigenvalue weighted by Gasteiger charge is 2.60. The second-order valence-corrected chi connectivity index (χ2v) is 9.29. The number of halogens is 1. The van der Waals surface area contributed by atoms with Crippen LogP contribution in [0.2, 0.25) is 0 Å². The Labute approximate surface area is 144 Å². The Hall–Kier alpha value is -1.14. The average Bonchev–Trinajstić information content (AvgIpc) is 2.82. The van der Waals surface area contributed by atoms with Crippen molar-refractivity contribution in [2.24, 2.45) is 23.0 Å². The van der Waals surface area contributed by atoms with Crippen LogP contribution in [0.1, 0.15) is 44.2 Å². The third-order valence-electron chi connectivity index (χ3n) is 5.60. The Morgan fingerprint density at radius 3 is 2.65 bits per heavy atom. The lowest BCUT2D eigenvalue weighted by molar-refractivity contribution is -0.138. The van der Waals surface area contributed by atoms with Crippen LogP contribution < -0.4 is 11.1 Å². The van der Waals surface area contributed by atoms with E-state index in [4.69, 9.17) is 17.3 Å². The quantitative estimate of drug-likeness (QED) is 0.816. The number of carbonyl (C=O) groups excluding carboxylic acids is 2. The maximum atomic E-state index is 12.9. The van der Waals surface area contributed by atoms with E-state index < -0.39 is 5.91 Å². The highest BCUT2D eigenvalue weighted by atomic mass is 35.5. The fourth-order valence-electron chi connectivity index (χ4n) is 5.27. The minimum Gasteiger partial charge on any atom is -0.369 e. The number of primary amides is 1. The van der Waals surface area contributed by atoms with Crippen LogP contribution in [0.15, 0.2) is 5.38 Å². The molecule has 4 aliphatic carbocycles. The second-order valence-electron chi connectivity index (χ2n) is 7.63. The Morgan fingerprint density at radius 2 is 2.04 bits per heavy atom. The van der Waals surface area contributed by atoms with Crippen LogP contribution in [0.3, 0.4) is 0 Å². The van der Waals surface area contributed by atoms with Crippen molar-refractivity contribution in [2.45, 2.75) is 49.8 Å². The van der Waals surface area contributed by atoms with Crippen LogP contribution in [-0.4, -0.2) is 21.7 Å². The van der Waals surface area contributed by atoms with Crippen molar-refractivity contribution in [3.05, 3.63) is 11.1 Å². The van der Waals surface area contributed by atoms with E-state index in [1.54, 1.807) is 5.38 Å². The van der Waals surface area contributed by atoms with E-state index in [-0.39, 0.29) is 22.6 Å². The first kappa shape index (κ1) is 15.4. The first-order chi connectivity index (χ1) is 10.9. The predicted octanol–water partition coefficient (Wildman–Crippen LogP) is 2.69. The SMILES string of the molecule is NC(=O)Cc1csc(NC(=O)C23CC4CC(CC(Cl)(C4)C2)C3)n1. The predicted molar refractivity (Wildman–Crippen MR) is 89.3 cm³/mol. The fraction of sp³-hybridized carbons (Fsp3) is 0.688. The molecule has 0 aliphatic heterocycles. The molecule has 1 heterocycles. The number of alkyl halides is 1. The number of aromatic nitrogens is 1. The zero-order chi connectivity index (χ0) is 16.2. The number of amides is 2. The van der Waals surface area contributed by atoms with Crippen LogP contribution in [0.25, 0.3) is 0 Å². The number of hydrogen-bond acceptors (Lipinski definition) is 4. The molecule has 4 bridgehead atoms. The molecule has 0 aromatic carbocycles. The number of carbonyl (C=O) groups is 2. The van der Waals surface area contributed by atoms with Crippen molar-refractivity contribution < 1.29 is 9.59 Å². The van der Waals surface area contributed by atoms with E-state index in [0.717, 1.165) is 32.1 Å². The topological polar surface area (TPSA) is 85.1 Å². The molecule has 1 aromatic rings. The summed E-state index contributed by atoms with van der Waals surface area (Å²) in [4.78, 5) is 28.0. The van der Waals surface area contributed by atoms with Gasteiger partial charge in [-0.2, -0.15) is 0 Å². The largest absolute Gasteiger partial charge is 0.369 e. The standard InChI is InChI=1S/C16H20ClN3O2S/c17-16-5-9-1-10(6-16)4-15(3-9,8-16)13(22)20-14-19-11(7-23-14)2-12(18)21/h7,9-10H,1-6,8H2,(H2,18,21)(H,19,20,22). The maximum absolute atomic E-state index is 12.9. The molecule has 2 amide bonds. The number of nitrogens with two attached hydrogens (primary N) is 1. The smallest absolute Gasteiger partial charge is 0.232 e. The zero-order valence-corrected chi connectivity index (χ0v) is 14.4. The van der Waals surface area contributed by atoms with Gasteiger partial charge in [-0.3, -0.25) is 9.59 Å². The molecule has 2 atom stereocenters. The molecule has 4 aliphatic rings. The summed E-state index contributed by atoms with van der Waals surface area (Å²) in [6.45, 7) is 0. The van der Waals surface area contributed by atoms with Gasteiger partial charge < -0.3 is 11.1 Å². The van der Waals surface area contributed by atoms with Gasteiger partial charge in [0.1, 0.15) is 0 Å². The van der Waals surface area contributed by atoms with Crippen molar-refractivity contribution in [2.75, 3.05) is 5.32 Å². The Kier molecular flexibility index (Phi) is 3.47. The summed E-state index contributed by atoms with van der Waals surface area (Å²) in [6, 6.07) is 0. The van der Waals surface area contributed by atoms with Gasteiger partial charge in [-0.05, 0) is 50.4 Å². The lowest BCUT2D eigenvalue weighted by atomic mass is 9.49. The van der Waals surface area contributed by atoms with Gasteiger partial charge in [-0.15, -0.1) is 22.9 Å². The molecular weight excluding hydrogens is 334 g/mol. The first-order valence-corrected chi connectivity index (χ1v) is 9.35. The van der Waals surface area contributed by atoms with Gasteiger partial charge in [0.05, 0.1) is 17.5 Å². The maximum Gasteiger partial charge on any atom is 0.232 e. The third-order valence-corrected chi connectivity index (χ3v) is 6.85. The fourth-order valence-corrected chi connectivity index (χ4v) is 6.67. The summed E-state index contributed by atoms with van der Waals surface area (Å²) in [6.07, 6.45) is 6.11. The molecule has 3 N–H and O–H groups in total. The monoisotopic (exact) mass is 353 g/mol. The molecule has 5 rings (SSSR count). The molecule has 0 radical (unpaired) electrons. The second kappa shape index (κ2) is 5.18. The van der Waals surface area contributed by atoms with E-state index in [1.807, 2.05) is 0 Å². The summed E-state index contributed by atoms with van der Waals surface area (Å²) < 4.78 is 0. The third kappa shape index (κ3) is 2.76. The van der Waals surface area contributed by atoms with E-state index in [0.29, 0.717) is 22.7 Å². The molecule has 4 saturated carbocycles. The summed E-state index contributed by atoms with van der Waals surface area (Å²) in [7, 11) is 0. The lowest BCUT2D eigenvalue weighted by Gasteiger charge is -2.59. The van der Waals surface area contributed by atoms with Crippen LogP contribution >= 0.6 is 22.9 Å². The van der Waals surface area contributed by atoms with Gasteiger partial charge in [0.2, 0.25) is 11.8 Å². The number of anilines is 1. The van der Waals surface area contributed by atoms with Crippen molar-refractivity contribution in [3.8, 4) is 0 Å². The van der Waals surface area contributed by atoms with Crippen molar-refractivity contribution in [1.29, 1.82) is 0 Å². The van der Waals surface area contributed by atoms with Gasteiger partial charge in [0.15, 0.2) is 5.13 Å². The normalized spacial score (nSPS) is 37.8. The van der Waals surface area contributed by atoms with Gasteiger partial charge in [0.25, 0.3) is 0 Å². The van der Waals surface area contributed by atoms with Gasteiger partial charge in [0, 0.05) is 10.3 Å². The molecular formula is C16H20ClN3O2S. The van der Waals surface area contributed by atoms with Gasteiger partial charge in [-0.25, -0.2) is 4.98 Å². The number of hydrogen-bond donors (Lipinski definition) is 2. The minimum atomic E-state index is -0.418. The van der Waals surface area contributed by atoms with Gasteiger partial charge >= 0.3 is 0 Å². The van der Waals surface area contributed by atoms with Crippen LogP contribution in [-0.2, 0) is 16.0 Å². The highest BCUT2D eigenvalue weighted by Crippen LogP contribution is 2.64. The molecule has 4 fully saturated rings. The van der Waals surface area contributed by atoms with Gasteiger partial charge in [-0.1, -0.05) is 0 Å². The summed E-state index contributed by atoms with van der Waals surface area (Å²) >= 11 is 8.12. The van der Waals surface area contributed by atoms with Crippen molar-refractivity contribution in [3.63, 3.8) is 0 Å². The zero-order valence-electron chi connectivity index (χ0n) is 12.8. The van der Waals surface area contributed by atoms with Crippen molar-refractivity contribution in [1.82, 2.24) is 4.98 Å². The number of rotatable bonds is 4. The lowest BCUT2D eigenvalue weighted by Crippen LogP contribution is -2.57. The highest BCUT2D eigenvalue weighted by molar-refractivity contribution is 7.13. The summed E-state index contributed by atoms with van der Waals surface area (Å²) in [5.41, 5.74) is 5.45. The first-order valence-electron chi connectivity index (χ1n) is 8.09.